The zero-order valence-electron chi connectivity index (χ0n) is 22.0. The number of hydrogen-bond acceptors (Lipinski definition) is 6. The van der Waals surface area contributed by atoms with Gasteiger partial charge in [0.05, 0.1) is 24.9 Å². The predicted octanol–water partition coefficient (Wildman–Crippen LogP) is 3.04. The van der Waals surface area contributed by atoms with Gasteiger partial charge in [0.1, 0.15) is 6.54 Å². The summed E-state index contributed by atoms with van der Waals surface area (Å²) < 4.78 is 4.87. The summed E-state index contributed by atoms with van der Waals surface area (Å²) in [6, 6.07) is 0. The smallest absolute Gasteiger partial charge is 0.325 e. The van der Waals surface area contributed by atoms with Gasteiger partial charge in [0.25, 0.3) is 0 Å². The van der Waals surface area contributed by atoms with Crippen molar-refractivity contribution in [3.05, 3.63) is 0 Å². The highest BCUT2D eigenvalue weighted by atomic mass is 16.5. The minimum Gasteiger partial charge on any atom is -0.465 e. The van der Waals surface area contributed by atoms with E-state index in [2.05, 4.69) is 26.1 Å². The van der Waals surface area contributed by atoms with Crippen molar-refractivity contribution in [2.24, 2.45) is 46.3 Å². The van der Waals surface area contributed by atoms with Gasteiger partial charge >= 0.3 is 5.97 Å². The van der Waals surface area contributed by atoms with Crippen LogP contribution < -0.4 is 5.32 Å². The molecule has 4 fully saturated rings. The predicted molar refractivity (Wildman–Crippen MR) is 132 cm³/mol. The third-order valence-corrected chi connectivity index (χ3v) is 11.1. The van der Waals surface area contributed by atoms with Crippen LogP contribution in [-0.2, 0) is 14.3 Å². The fourth-order valence-corrected chi connectivity index (χ4v) is 9.16. The zero-order valence-corrected chi connectivity index (χ0v) is 22.0. The number of amides is 1. The molecular formula is C28H47NO6. The highest BCUT2D eigenvalue weighted by Crippen LogP contribution is 2.68. The summed E-state index contributed by atoms with van der Waals surface area (Å²) in [4.78, 5) is 23.8. The second-order valence-electron chi connectivity index (χ2n) is 12.6. The minimum atomic E-state index is -0.422. The molecule has 11 atom stereocenters. The Morgan fingerprint density at radius 2 is 1.80 bits per heavy atom. The summed E-state index contributed by atoms with van der Waals surface area (Å²) in [6.07, 6.45) is 6.09. The van der Waals surface area contributed by atoms with Crippen LogP contribution in [0.25, 0.3) is 0 Å². The van der Waals surface area contributed by atoms with Gasteiger partial charge in [-0.25, -0.2) is 0 Å². The largest absolute Gasteiger partial charge is 0.465 e. The molecule has 4 aliphatic carbocycles. The van der Waals surface area contributed by atoms with E-state index in [1.807, 2.05) is 0 Å². The first kappa shape index (κ1) is 26.9. The summed E-state index contributed by atoms with van der Waals surface area (Å²) in [7, 11) is 0. The number of aliphatic hydroxyl groups excluding tert-OH is 3. The normalized spacial score (nSPS) is 45.6. The Morgan fingerprint density at radius 1 is 1.06 bits per heavy atom. The number of esters is 1. The van der Waals surface area contributed by atoms with Gasteiger partial charge in [-0.15, -0.1) is 0 Å². The molecule has 35 heavy (non-hydrogen) atoms. The molecule has 0 heterocycles. The number of fused-ring (bicyclic) bond motifs is 5. The number of carbonyl (C=O) groups excluding carboxylic acids is 2. The molecule has 1 amide bonds. The molecule has 4 rings (SSSR count). The van der Waals surface area contributed by atoms with Crippen molar-refractivity contribution in [1.82, 2.24) is 5.32 Å². The molecule has 0 unspecified atom stereocenters. The van der Waals surface area contributed by atoms with E-state index in [0.717, 1.165) is 44.9 Å². The third-order valence-electron chi connectivity index (χ3n) is 11.1. The molecule has 0 bridgehead atoms. The molecular weight excluding hydrogens is 446 g/mol. The van der Waals surface area contributed by atoms with Crippen LogP contribution in [0.3, 0.4) is 0 Å². The summed E-state index contributed by atoms with van der Waals surface area (Å²) in [5.41, 5.74) is -0.188. The molecule has 0 spiro atoms. The van der Waals surface area contributed by atoms with Crippen LogP contribution in [-0.4, -0.2) is 58.7 Å². The minimum absolute atomic E-state index is 0.0755. The Bertz CT molecular complexity index is 789. The van der Waals surface area contributed by atoms with Gasteiger partial charge in [0, 0.05) is 6.42 Å². The Morgan fingerprint density at radius 3 is 2.51 bits per heavy atom. The standard InChI is InChI=1S/C28H47NO6/c1-5-35-25(34)15-29-24(33)9-6-16(2)19-7-8-20-26-21(14-23(32)28(19,20)4)27(3)11-10-18(30)12-17(27)13-22(26)31/h16-23,26,30-32H,5-15H2,1-4H3,(H,29,33)/t16-,17+,18-,19-,20+,21-,22-,23+,26+,27+,28-/m1/s1. The first-order valence-electron chi connectivity index (χ1n) is 14.0. The van der Waals surface area contributed by atoms with E-state index in [4.69, 9.17) is 4.74 Å². The molecule has 0 aliphatic heterocycles. The van der Waals surface area contributed by atoms with Crippen LogP contribution in [0, 0.1) is 46.3 Å². The topological polar surface area (TPSA) is 116 Å². The average molecular weight is 494 g/mol. The van der Waals surface area contributed by atoms with Gasteiger partial charge in [0.2, 0.25) is 5.91 Å². The number of nitrogens with one attached hydrogen (secondary N) is 1. The monoisotopic (exact) mass is 493 g/mol. The highest BCUT2D eigenvalue weighted by molar-refractivity contribution is 5.81. The SMILES string of the molecule is CCOC(=O)CNC(=O)CC[C@@H](C)[C@H]1CC[C@H]2[C@@H]3[C@H](O)C[C@@H]4C[C@H](O)CC[C@]4(C)[C@@H]3C[C@H](O)[C@]12C. The van der Waals surface area contributed by atoms with E-state index < -0.39 is 12.1 Å². The lowest BCUT2D eigenvalue weighted by Crippen LogP contribution is -2.62. The summed E-state index contributed by atoms with van der Waals surface area (Å²) in [6.45, 7) is 8.72. The van der Waals surface area contributed by atoms with E-state index in [1.165, 1.54) is 0 Å². The third kappa shape index (κ3) is 4.77. The maximum absolute atomic E-state index is 12.3. The van der Waals surface area contributed by atoms with Crippen molar-refractivity contribution in [1.29, 1.82) is 0 Å². The fraction of sp³-hybridized carbons (Fsp3) is 0.929. The second kappa shape index (κ2) is 10.3. The molecule has 7 heteroatoms. The molecule has 4 N–H and O–H groups in total. The van der Waals surface area contributed by atoms with Crippen LogP contribution in [0.1, 0.15) is 85.5 Å². The molecule has 4 saturated carbocycles. The fourth-order valence-electron chi connectivity index (χ4n) is 9.16. The van der Waals surface area contributed by atoms with E-state index in [0.29, 0.717) is 37.2 Å². The quantitative estimate of drug-likeness (QED) is 0.405. The van der Waals surface area contributed by atoms with Crippen molar-refractivity contribution in [3.8, 4) is 0 Å². The van der Waals surface area contributed by atoms with Crippen molar-refractivity contribution < 1.29 is 29.6 Å². The molecule has 4 aliphatic rings. The van der Waals surface area contributed by atoms with Crippen LogP contribution in [0.4, 0.5) is 0 Å². The van der Waals surface area contributed by atoms with Crippen molar-refractivity contribution >= 4 is 11.9 Å². The van der Waals surface area contributed by atoms with Crippen LogP contribution >= 0.6 is 0 Å². The van der Waals surface area contributed by atoms with Crippen molar-refractivity contribution in [2.45, 2.75) is 104 Å². The molecule has 200 valence electrons. The maximum Gasteiger partial charge on any atom is 0.325 e. The molecule has 7 nitrogen and oxygen atoms in total. The summed E-state index contributed by atoms with van der Waals surface area (Å²) in [5, 5.41) is 36.0. The number of hydrogen-bond donors (Lipinski definition) is 4. The summed E-state index contributed by atoms with van der Waals surface area (Å²) in [5.74, 6) is 1.09. The highest BCUT2D eigenvalue weighted by Gasteiger charge is 2.65. The number of rotatable bonds is 7. The molecule has 0 aromatic heterocycles. The molecule has 0 radical (unpaired) electrons. The molecule has 0 saturated heterocycles. The zero-order chi connectivity index (χ0) is 25.5. The Hall–Kier alpha value is -1.18. The number of aliphatic hydroxyl groups is 3. The van der Waals surface area contributed by atoms with E-state index in [9.17, 15) is 24.9 Å². The summed E-state index contributed by atoms with van der Waals surface area (Å²) >= 11 is 0. The van der Waals surface area contributed by atoms with E-state index in [-0.39, 0.29) is 53.2 Å². The lowest BCUT2D eigenvalue weighted by Gasteiger charge is -2.63. The van der Waals surface area contributed by atoms with Crippen LogP contribution in [0.15, 0.2) is 0 Å². The van der Waals surface area contributed by atoms with Crippen molar-refractivity contribution in [3.63, 3.8) is 0 Å². The van der Waals surface area contributed by atoms with Gasteiger partial charge in [0.15, 0.2) is 0 Å². The maximum atomic E-state index is 12.3. The van der Waals surface area contributed by atoms with Crippen molar-refractivity contribution in [2.75, 3.05) is 13.2 Å². The van der Waals surface area contributed by atoms with Gasteiger partial charge in [-0.3, -0.25) is 9.59 Å². The van der Waals surface area contributed by atoms with Gasteiger partial charge in [-0.2, -0.15) is 0 Å². The number of ether oxygens (including phenoxy) is 1. The first-order valence-corrected chi connectivity index (χ1v) is 14.0. The van der Waals surface area contributed by atoms with E-state index >= 15 is 0 Å². The Kier molecular flexibility index (Phi) is 7.90. The average Bonchev–Trinajstić information content (AvgIpc) is 3.16. The second-order valence-corrected chi connectivity index (χ2v) is 12.6. The molecule has 0 aromatic rings. The van der Waals surface area contributed by atoms with Crippen LogP contribution in [0.2, 0.25) is 0 Å². The van der Waals surface area contributed by atoms with E-state index in [1.54, 1.807) is 6.92 Å². The van der Waals surface area contributed by atoms with Crippen LogP contribution in [0.5, 0.6) is 0 Å². The van der Waals surface area contributed by atoms with Gasteiger partial charge in [-0.05, 0) is 105 Å². The molecule has 0 aromatic carbocycles. The lowest BCUT2D eigenvalue weighted by molar-refractivity contribution is -0.207. The lowest BCUT2D eigenvalue weighted by atomic mass is 9.43. The first-order chi connectivity index (χ1) is 16.5. The van der Waals surface area contributed by atoms with Gasteiger partial charge in [-0.1, -0.05) is 20.8 Å². The Labute approximate surface area is 210 Å². The van der Waals surface area contributed by atoms with Gasteiger partial charge < -0.3 is 25.4 Å². The number of carbonyl (C=O) groups is 2. The Balaban J connectivity index is 1.43.